The second kappa shape index (κ2) is 7.68. The molecule has 2 aliphatic rings. The standard InChI is InChI=1S/C24H23N3O4/c1-15-6-8-16(9-7-15)20-14-21-19-4-3-5-22(30-2)23(19)31-24(26(21)25-20)17-10-12-18(13-11-17)27(28)29/h3-13,20-21,24-25H,14H2,1-2H3/t20-,21+,24-/m1/s1. The van der Waals surface area contributed by atoms with Crippen LogP contribution in [0.5, 0.6) is 11.5 Å². The van der Waals surface area contributed by atoms with Crippen LogP contribution < -0.4 is 14.9 Å². The molecule has 5 rings (SSSR count). The molecule has 1 N–H and O–H groups in total. The van der Waals surface area contributed by atoms with Gasteiger partial charge < -0.3 is 9.47 Å². The van der Waals surface area contributed by atoms with Gasteiger partial charge >= 0.3 is 0 Å². The number of fused-ring (bicyclic) bond motifs is 3. The van der Waals surface area contributed by atoms with Crippen molar-refractivity contribution < 1.29 is 14.4 Å². The number of nitro benzene ring substituents is 1. The van der Waals surface area contributed by atoms with E-state index in [0.29, 0.717) is 5.75 Å². The van der Waals surface area contributed by atoms with E-state index in [1.807, 2.05) is 12.1 Å². The van der Waals surface area contributed by atoms with E-state index in [1.54, 1.807) is 19.2 Å². The molecule has 7 nitrogen and oxygen atoms in total. The first-order valence-electron chi connectivity index (χ1n) is 10.2. The van der Waals surface area contributed by atoms with Crippen molar-refractivity contribution in [2.24, 2.45) is 0 Å². The SMILES string of the molecule is COc1cccc2c1O[C@H](c1ccc([N+](=O)[O-])cc1)N1N[C@@H](c3ccc(C)cc3)C[C@@H]21. The molecule has 0 bridgehead atoms. The zero-order chi connectivity index (χ0) is 21.5. The third-order valence-corrected chi connectivity index (χ3v) is 6.04. The van der Waals surface area contributed by atoms with Crippen LogP contribution in [-0.2, 0) is 0 Å². The van der Waals surface area contributed by atoms with Crippen molar-refractivity contribution in [1.82, 2.24) is 10.4 Å². The van der Waals surface area contributed by atoms with Crippen LogP contribution in [0.15, 0.2) is 66.7 Å². The first-order valence-corrected chi connectivity index (χ1v) is 10.2. The van der Waals surface area contributed by atoms with E-state index >= 15 is 0 Å². The fraction of sp³-hybridized carbons (Fsp3) is 0.250. The van der Waals surface area contributed by atoms with E-state index in [0.717, 1.165) is 23.3 Å². The van der Waals surface area contributed by atoms with E-state index in [-0.39, 0.29) is 17.8 Å². The van der Waals surface area contributed by atoms with Crippen LogP contribution in [0.1, 0.15) is 47.0 Å². The Hall–Kier alpha value is -3.42. The van der Waals surface area contributed by atoms with Crippen molar-refractivity contribution in [2.45, 2.75) is 31.7 Å². The van der Waals surface area contributed by atoms with Crippen molar-refractivity contribution in [3.05, 3.63) is 99.1 Å². The molecular formula is C24H23N3O4. The van der Waals surface area contributed by atoms with Gasteiger partial charge in [0.05, 0.1) is 18.1 Å². The fourth-order valence-corrected chi connectivity index (χ4v) is 4.42. The molecular weight excluding hydrogens is 394 g/mol. The number of para-hydroxylation sites is 1. The number of methoxy groups -OCH3 is 1. The number of ether oxygens (including phenoxy) is 2. The molecule has 0 aromatic heterocycles. The summed E-state index contributed by atoms with van der Waals surface area (Å²) in [6, 6.07) is 21.2. The number of benzene rings is 3. The molecule has 7 heteroatoms. The topological polar surface area (TPSA) is 76.9 Å². The second-order valence-electron chi connectivity index (χ2n) is 7.95. The highest BCUT2D eigenvalue weighted by atomic mass is 16.6. The molecule has 0 saturated carbocycles. The summed E-state index contributed by atoms with van der Waals surface area (Å²) in [4.78, 5) is 10.7. The Balaban J connectivity index is 1.55. The Morgan fingerprint density at radius 3 is 2.45 bits per heavy atom. The molecule has 0 amide bonds. The van der Waals surface area contributed by atoms with Crippen LogP contribution in [0.3, 0.4) is 0 Å². The highest BCUT2D eigenvalue weighted by molar-refractivity contribution is 5.50. The van der Waals surface area contributed by atoms with Crippen LogP contribution >= 0.6 is 0 Å². The Morgan fingerprint density at radius 1 is 1.06 bits per heavy atom. The Morgan fingerprint density at radius 2 is 1.77 bits per heavy atom. The minimum Gasteiger partial charge on any atom is -0.493 e. The van der Waals surface area contributed by atoms with E-state index in [4.69, 9.17) is 9.47 Å². The van der Waals surface area contributed by atoms with Gasteiger partial charge in [-0.2, -0.15) is 5.01 Å². The lowest BCUT2D eigenvalue weighted by Gasteiger charge is -2.39. The van der Waals surface area contributed by atoms with Crippen LogP contribution in [0.2, 0.25) is 0 Å². The Kier molecular flexibility index (Phi) is 4.84. The van der Waals surface area contributed by atoms with Gasteiger partial charge in [-0.3, -0.25) is 10.1 Å². The van der Waals surface area contributed by atoms with Gasteiger partial charge in [0, 0.05) is 29.3 Å². The minimum atomic E-state index is -0.440. The van der Waals surface area contributed by atoms with Gasteiger partial charge in [0.25, 0.3) is 5.69 Å². The van der Waals surface area contributed by atoms with Gasteiger partial charge in [0.2, 0.25) is 0 Å². The monoisotopic (exact) mass is 417 g/mol. The Bertz CT molecular complexity index is 1110. The smallest absolute Gasteiger partial charge is 0.269 e. The molecule has 0 spiro atoms. The quantitative estimate of drug-likeness (QED) is 0.476. The third kappa shape index (κ3) is 3.41. The number of hydrogen-bond donors (Lipinski definition) is 1. The number of nitrogens with one attached hydrogen (secondary N) is 1. The molecule has 3 aromatic carbocycles. The highest BCUT2D eigenvalue weighted by Crippen LogP contribution is 2.51. The molecule has 31 heavy (non-hydrogen) atoms. The summed E-state index contributed by atoms with van der Waals surface area (Å²) in [6.45, 7) is 2.08. The summed E-state index contributed by atoms with van der Waals surface area (Å²) < 4.78 is 12.0. The van der Waals surface area contributed by atoms with Gasteiger partial charge in [-0.15, -0.1) is 0 Å². The van der Waals surface area contributed by atoms with E-state index in [2.05, 4.69) is 47.7 Å². The fourth-order valence-electron chi connectivity index (χ4n) is 4.42. The van der Waals surface area contributed by atoms with Gasteiger partial charge in [-0.05, 0) is 37.1 Å². The lowest BCUT2D eigenvalue weighted by Crippen LogP contribution is -2.42. The van der Waals surface area contributed by atoms with E-state index in [9.17, 15) is 10.1 Å². The summed E-state index contributed by atoms with van der Waals surface area (Å²) in [6.07, 6.45) is 0.431. The van der Waals surface area contributed by atoms with Crippen LogP contribution in [0.4, 0.5) is 5.69 Å². The molecule has 3 aromatic rings. The number of rotatable bonds is 4. The molecule has 1 fully saturated rings. The lowest BCUT2D eigenvalue weighted by molar-refractivity contribution is -0.384. The van der Waals surface area contributed by atoms with Crippen molar-refractivity contribution in [3.63, 3.8) is 0 Å². The molecule has 1 saturated heterocycles. The maximum absolute atomic E-state index is 11.1. The number of non-ortho nitro benzene ring substituents is 1. The summed E-state index contributed by atoms with van der Waals surface area (Å²) >= 11 is 0. The van der Waals surface area contributed by atoms with Gasteiger partial charge in [-0.25, -0.2) is 5.43 Å². The maximum Gasteiger partial charge on any atom is 0.269 e. The number of aryl methyl sites for hydroxylation is 1. The van der Waals surface area contributed by atoms with E-state index < -0.39 is 11.2 Å². The van der Waals surface area contributed by atoms with Gasteiger partial charge in [-0.1, -0.05) is 42.0 Å². The first kappa shape index (κ1) is 19.5. The van der Waals surface area contributed by atoms with E-state index in [1.165, 1.54) is 23.3 Å². The average molecular weight is 417 g/mol. The van der Waals surface area contributed by atoms with Crippen molar-refractivity contribution in [1.29, 1.82) is 0 Å². The number of hydrogen-bond acceptors (Lipinski definition) is 6. The summed E-state index contributed by atoms with van der Waals surface area (Å²) in [5, 5.41) is 13.2. The lowest BCUT2D eigenvalue weighted by atomic mass is 9.94. The minimum absolute atomic E-state index is 0.0565. The molecule has 158 valence electrons. The highest BCUT2D eigenvalue weighted by Gasteiger charge is 2.44. The zero-order valence-corrected chi connectivity index (χ0v) is 17.3. The zero-order valence-electron chi connectivity index (χ0n) is 17.3. The molecule has 3 atom stereocenters. The van der Waals surface area contributed by atoms with Crippen molar-refractivity contribution in [2.75, 3.05) is 7.11 Å². The number of nitro groups is 1. The van der Waals surface area contributed by atoms with Crippen LogP contribution in [-0.4, -0.2) is 17.0 Å². The normalized spacial score (nSPS) is 22.3. The summed E-state index contributed by atoms with van der Waals surface area (Å²) in [5.41, 5.74) is 8.03. The third-order valence-electron chi connectivity index (χ3n) is 6.04. The number of nitrogens with zero attached hydrogens (tertiary/aromatic N) is 2. The molecule has 0 unspecified atom stereocenters. The Labute approximate surface area is 180 Å². The molecule has 2 heterocycles. The van der Waals surface area contributed by atoms with Gasteiger partial charge in [0.1, 0.15) is 0 Å². The van der Waals surface area contributed by atoms with Crippen LogP contribution in [0, 0.1) is 17.0 Å². The largest absolute Gasteiger partial charge is 0.493 e. The molecule has 0 radical (unpaired) electrons. The number of hydrazine groups is 1. The average Bonchev–Trinajstić information content (AvgIpc) is 3.24. The summed E-state index contributed by atoms with van der Waals surface area (Å²) in [5.74, 6) is 1.41. The second-order valence-corrected chi connectivity index (χ2v) is 7.95. The van der Waals surface area contributed by atoms with Gasteiger partial charge in [0.15, 0.2) is 17.7 Å². The predicted octanol–water partition coefficient (Wildman–Crippen LogP) is 5.00. The predicted molar refractivity (Wildman–Crippen MR) is 116 cm³/mol. The van der Waals surface area contributed by atoms with Crippen molar-refractivity contribution >= 4 is 5.69 Å². The van der Waals surface area contributed by atoms with Crippen molar-refractivity contribution in [3.8, 4) is 11.5 Å². The molecule has 2 aliphatic heterocycles. The molecule has 0 aliphatic carbocycles. The summed E-state index contributed by atoms with van der Waals surface area (Å²) in [7, 11) is 1.63. The van der Waals surface area contributed by atoms with Crippen LogP contribution in [0.25, 0.3) is 0 Å². The maximum atomic E-state index is 11.1. The first-order chi connectivity index (χ1) is 15.0.